The van der Waals surface area contributed by atoms with Crippen molar-refractivity contribution in [3.63, 3.8) is 0 Å². The van der Waals surface area contributed by atoms with Gasteiger partial charge in [0, 0.05) is 11.8 Å². The molecule has 2 N–H and O–H groups in total. The molecule has 0 saturated carbocycles. The molecule has 5 heteroatoms. The Hall–Kier alpha value is -2.53. The first-order valence-electron chi connectivity index (χ1n) is 6.65. The van der Waals surface area contributed by atoms with Gasteiger partial charge in [-0.25, -0.2) is 4.39 Å². The summed E-state index contributed by atoms with van der Waals surface area (Å²) in [5.74, 6) is -0.729. The van der Waals surface area contributed by atoms with Gasteiger partial charge >= 0.3 is 0 Å². The van der Waals surface area contributed by atoms with Crippen LogP contribution in [0, 0.1) is 12.7 Å². The number of carbonyl (C=O) groups is 1. The molecule has 1 amide bonds. The first-order valence-corrected chi connectivity index (χ1v) is 7.06. The average Bonchev–Trinajstić information content (AvgIpc) is 2.46. The second-order valence-corrected chi connectivity index (χ2v) is 5.11. The maximum absolute atomic E-state index is 13.0. The van der Waals surface area contributed by atoms with E-state index in [4.69, 9.17) is 12.2 Å². The first kappa shape index (κ1) is 15.9. The Labute approximate surface area is 133 Å². The Morgan fingerprint density at radius 2 is 1.91 bits per heavy atom. The van der Waals surface area contributed by atoms with Gasteiger partial charge in [0.05, 0.1) is 0 Å². The molecule has 0 fully saturated rings. The van der Waals surface area contributed by atoms with Crippen molar-refractivity contribution in [1.29, 1.82) is 0 Å². The second-order valence-electron chi connectivity index (χ2n) is 4.70. The van der Waals surface area contributed by atoms with Crippen LogP contribution >= 0.6 is 12.2 Å². The largest absolute Gasteiger partial charge is 0.332 e. The number of carbonyl (C=O) groups excluding carboxylic acids is 1. The number of anilines is 1. The van der Waals surface area contributed by atoms with E-state index in [0.717, 1.165) is 11.1 Å². The van der Waals surface area contributed by atoms with Crippen molar-refractivity contribution in [2.45, 2.75) is 6.92 Å². The maximum Gasteiger partial charge on any atom is 0.250 e. The van der Waals surface area contributed by atoms with Crippen molar-refractivity contribution in [1.82, 2.24) is 5.32 Å². The van der Waals surface area contributed by atoms with Gasteiger partial charge in [0.25, 0.3) is 0 Å². The van der Waals surface area contributed by atoms with Crippen molar-refractivity contribution in [3.8, 4) is 0 Å². The molecule has 0 aliphatic rings. The minimum atomic E-state index is -0.376. The van der Waals surface area contributed by atoms with Crippen LogP contribution in [0.5, 0.6) is 0 Å². The zero-order chi connectivity index (χ0) is 15.9. The number of thiocarbonyl (C=S) groups is 1. The highest BCUT2D eigenvalue weighted by atomic mass is 32.1. The number of benzene rings is 2. The van der Waals surface area contributed by atoms with Crippen LogP contribution in [0.4, 0.5) is 10.1 Å². The molecule has 0 saturated heterocycles. The van der Waals surface area contributed by atoms with Gasteiger partial charge in [0.2, 0.25) is 5.91 Å². The lowest BCUT2D eigenvalue weighted by Crippen LogP contribution is -2.32. The third-order valence-electron chi connectivity index (χ3n) is 2.82. The quantitative estimate of drug-likeness (QED) is 0.671. The molecule has 0 aliphatic heterocycles. The summed E-state index contributed by atoms with van der Waals surface area (Å²) in [6.45, 7) is 2.00. The third-order valence-corrected chi connectivity index (χ3v) is 3.03. The molecule has 0 aromatic heterocycles. The molecule has 112 valence electrons. The monoisotopic (exact) mass is 314 g/mol. The standard InChI is InChI=1S/C17H15FN2OS/c1-12-5-7-13(8-6-12)9-10-16(21)20-17(22)19-15-4-2-3-14(18)11-15/h2-11H,1H3,(H2,19,20,21,22)/b10-9+. The number of hydrogen-bond acceptors (Lipinski definition) is 2. The number of nitrogens with one attached hydrogen (secondary N) is 2. The Morgan fingerprint density at radius 1 is 1.18 bits per heavy atom. The van der Waals surface area contributed by atoms with Gasteiger partial charge in [-0.05, 0) is 49.0 Å². The predicted octanol–water partition coefficient (Wildman–Crippen LogP) is 3.66. The molecule has 0 aliphatic carbocycles. The summed E-state index contributed by atoms with van der Waals surface area (Å²) in [6, 6.07) is 13.6. The predicted molar refractivity (Wildman–Crippen MR) is 91.0 cm³/mol. The van der Waals surface area contributed by atoms with E-state index in [1.54, 1.807) is 18.2 Å². The molecule has 3 nitrogen and oxygen atoms in total. The summed E-state index contributed by atoms with van der Waals surface area (Å²) in [5.41, 5.74) is 2.56. The van der Waals surface area contributed by atoms with E-state index >= 15 is 0 Å². The lowest BCUT2D eigenvalue weighted by Gasteiger charge is -2.07. The van der Waals surface area contributed by atoms with Crippen LogP contribution in [0.3, 0.4) is 0 Å². The van der Waals surface area contributed by atoms with Crippen LogP contribution in [0.25, 0.3) is 6.08 Å². The van der Waals surface area contributed by atoms with Crippen molar-refractivity contribution < 1.29 is 9.18 Å². The Bertz CT molecular complexity index is 711. The molecule has 0 atom stereocenters. The summed E-state index contributed by atoms with van der Waals surface area (Å²) in [5, 5.41) is 5.36. The van der Waals surface area contributed by atoms with Gasteiger partial charge in [0.15, 0.2) is 5.11 Å². The molecular weight excluding hydrogens is 299 g/mol. The number of hydrogen-bond donors (Lipinski definition) is 2. The summed E-state index contributed by atoms with van der Waals surface area (Å²) in [6.07, 6.45) is 3.09. The number of rotatable bonds is 3. The van der Waals surface area contributed by atoms with Crippen LogP contribution in [0.15, 0.2) is 54.6 Å². The van der Waals surface area contributed by atoms with Crippen LogP contribution in [0.2, 0.25) is 0 Å². The highest BCUT2D eigenvalue weighted by Gasteiger charge is 2.02. The van der Waals surface area contributed by atoms with Crippen LogP contribution in [-0.2, 0) is 4.79 Å². The SMILES string of the molecule is Cc1ccc(/C=C/C(=O)NC(=S)Nc2cccc(F)c2)cc1. The Kier molecular flexibility index (Phi) is 5.38. The van der Waals surface area contributed by atoms with Crippen molar-refractivity contribution in [2.24, 2.45) is 0 Å². The van der Waals surface area contributed by atoms with Gasteiger partial charge < -0.3 is 5.32 Å². The fourth-order valence-corrected chi connectivity index (χ4v) is 1.95. The van der Waals surface area contributed by atoms with Gasteiger partial charge in [-0.3, -0.25) is 10.1 Å². The smallest absolute Gasteiger partial charge is 0.250 e. The second kappa shape index (κ2) is 7.47. The molecule has 2 aromatic carbocycles. The molecule has 0 bridgehead atoms. The maximum atomic E-state index is 13.0. The molecule has 2 rings (SSSR count). The van der Waals surface area contributed by atoms with Crippen molar-refractivity contribution >= 4 is 35.0 Å². The normalized spacial score (nSPS) is 10.5. The number of halogens is 1. The van der Waals surface area contributed by atoms with E-state index in [-0.39, 0.29) is 16.8 Å². The molecule has 22 heavy (non-hydrogen) atoms. The van der Waals surface area contributed by atoms with Gasteiger partial charge in [-0.2, -0.15) is 0 Å². The average molecular weight is 314 g/mol. The van der Waals surface area contributed by atoms with E-state index in [0.29, 0.717) is 5.69 Å². The van der Waals surface area contributed by atoms with E-state index in [9.17, 15) is 9.18 Å². The number of aryl methyl sites for hydroxylation is 1. The summed E-state index contributed by atoms with van der Waals surface area (Å²) in [7, 11) is 0. The molecule has 0 radical (unpaired) electrons. The fourth-order valence-electron chi connectivity index (χ4n) is 1.73. The third kappa shape index (κ3) is 5.10. The van der Waals surface area contributed by atoms with Crippen LogP contribution in [0.1, 0.15) is 11.1 Å². The highest BCUT2D eigenvalue weighted by molar-refractivity contribution is 7.80. The zero-order valence-corrected chi connectivity index (χ0v) is 12.8. The van der Waals surface area contributed by atoms with E-state index in [2.05, 4.69) is 10.6 Å². The Morgan fingerprint density at radius 3 is 2.59 bits per heavy atom. The number of amides is 1. The van der Waals surface area contributed by atoms with E-state index < -0.39 is 0 Å². The molecular formula is C17H15FN2OS. The minimum absolute atomic E-state index is 0.115. The molecule has 0 unspecified atom stereocenters. The zero-order valence-electron chi connectivity index (χ0n) is 12.0. The van der Waals surface area contributed by atoms with Crippen molar-refractivity contribution in [2.75, 3.05) is 5.32 Å². The lowest BCUT2D eigenvalue weighted by molar-refractivity contribution is -0.115. The van der Waals surface area contributed by atoms with Crippen LogP contribution < -0.4 is 10.6 Å². The van der Waals surface area contributed by atoms with E-state index in [1.165, 1.54) is 18.2 Å². The fraction of sp³-hybridized carbons (Fsp3) is 0.0588. The summed E-state index contributed by atoms with van der Waals surface area (Å²) in [4.78, 5) is 11.8. The van der Waals surface area contributed by atoms with E-state index in [1.807, 2.05) is 31.2 Å². The van der Waals surface area contributed by atoms with Gasteiger partial charge in [-0.15, -0.1) is 0 Å². The highest BCUT2D eigenvalue weighted by Crippen LogP contribution is 2.08. The lowest BCUT2D eigenvalue weighted by atomic mass is 10.1. The first-order chi connectivity index (χ1) is 10.5. The molecule has 2 aromatic rings. The molecule has 0 heterocycles. The Balaban J connectivity index is 1.88. The van der Waals surface area contributed by atoms with Gasteiger partial charge in [0.1, 0.15) is 5.82 Å². The molecule has 0 spiro atoms. The van der Waals surface area contributed by atoms with Crippen LogP contribution in [-0.4, -0.2) is 11.0 Å². The minimum Gasteiger partial charge on any atom is -0.332 e. The van der Waals surface area contributed by atoms with Gasteiger partial charge in [-0.1, -0.05) is 35.9 Å². The summed E-state index contributed by atoms with van der Waals surface area (Å²) >= 11 is 5.00. The van der Waals surface area contributed by atoms with Crippen molar-refractivity contribution in [3.05, 3.63) is 71.6 Å². The topological polar surface area (TPSA) is 41.1 Å². The summed E-state index contributed by atoms with van der Waals surface area (Å²) < 4.78 is 13.0.